The lowest BCUT2D eigenvalue weighted by molar-refractivity contribution is -0.151. The number of carbonyl (C=O) groups excluding carboxylic acids is 1. The number of esters is 1. The van der Waals surface area contributed by atoms with Crippen molar-refractivity contribution in [3.8, 4) is 0 Å². The van der Waals surface area contributed by atoms with Crippen molar-refractivity contribution in [2.75, 3.05) is 7.11 Å². The molecule has 1 N–H and O–H groups in total. The highest BCUT2D eigenvalue weighted by molar-refractivity contribution is 9.10. The van der Waals surface area contributed by atoms with Crippen LogP contribution in [0.15, 0.2) is 20.3 Å². The third-order valence-corrected chi connectivity index (χ3v) is 2.88. The van der Waals surface area contributed by atoms with Gasteiger partial charge in [-0.25, -0.2) is 4.79 Å². The van der Waals surface area contributed by atoms with Crippen molar-refractivity contribution < 1.29 is 9.53 Å². The van der Waals surface area contributed by atoms with Gasteiger partial charge in [-0.2, -0.15) is 0 Å². The topological polar surface area (TPSA) is 81.2 Å². The monoisotopic (exact) mass is 304 g/mol. The Hall–Kier alpha value is -1.37. The zero-order chi connectivity index (χ0) is 13.2. The molecule has 0 unspecified atom stereocenters. The Kier molecular flexibility index (Phi) is 3.92. The predicted octanol–water partition coefficient (Wildman–Crippen LogP) is 0.498. The third kappa shape index (κ3) is 2.85. The van der Waals surface area contributed by atoms with Gasteiger partial charge in [-0.1, -0.05) is 0 Å². The Morgan fingerprint density at radius 2 is 2.12 bits per heavy atom. The first kappa shape index (κ1) is 13.7. The maximum atomic E-state index is 11.7. The number of carbonyl (C=O) groups is 1. The fourth-order valence-electron chi connectivity index (χ4n) is 1.37. The molecule has 94 valence electrons. The summed E-state index contributed by atoms with van der Waals surface area (Å²) in [5, 5.41) is 0. The van der Waals surface area contributed by atoms with Crippen molar-refractivity contribution in [1.29, 1.82) is 0 Å². The van der Waals surface area contributed by atoms with Crippen molar-refractivity contribution in [3.05, 3.63) is 31.5 Å². The van der Waals surface area contributed by atoms with Crippen LogP contribution in [0.4, 0.5) is 0 Å². The van der Waals surface area contributed by atoms with E-state index in [2.05, 4.69) is 25.7 Å². The molecule has 0 aliphatic rings. The molecule has 1 heterocycles. The van der Waals surface area contributed by atoms with Crippen molar-refractivity contribution in [2.24, 2.45) is 5.41 Å². The number of aromatic nitrogens is 2. The molecule has 6 nitrogen and oxygen atoms in total. The largest absolute Gasteiger partial charge is 0.469 e. The fourth-order valence-corrected chi connectivity index (χ4v) is 1.69. The molecular weight excluding hydrogens is 292 g/mol. The van der Waals surface area contributed by atoms with E-state index in [1.807, 2.05) is 0 Å². The molecule has 0 aromatic carbocycles. The number of nitrogens with zero attached hydrogens (tertiary/aromatic N) is 1. The SMILES string of the molecule is COC(=O)C(C)(C)Cn1c(=O)[nH]cc(Br)c1=O. The Morgan fingerprint density at radius 1 is 1.53 bits per heavy atom. The number of hydrogen-bond acceptors (Lipinski definition) is 4. The number of H-pyrrole nitrogens is 1. The van der Waals surface area contributed by atoms with Gasteiger partial charge >= 0.3 is 11.7 Å². The number of methoxy groups -OCH3 is 1. The van der Waals surface area contributed by atoms with Gasteiger partial charge in [0.2, 0.25) is 0 Å². The first-order valence-corrected chi connectivity index (χ1v) is 5.65. The number of hydrogen-bond donors (Lipinski definition) is 1. The first-order chi connectivity index (χ1) is 7.79. The summed E-state index contributed by atoms with van der Waals surface area (Å²) in [4.78, 5) is 37.1. The smallest absolute Gasteiger partial charge is 0.328 e. The van der Waals surface area contributed by atoms with E-state index in [4.69, 9.17) is 0 Å². The normalized spacial score (nSPS) is 11.3. The second-order valence-electron chi connectivity index (χ2n) is 4.21. The first-order valence-electron chi connectivity index (χ1n) is 4.86. The molecule has 0 bridgehead atoms. The van der Waals surface area contributed by atoms with Gasteiger partial charge in [0.15, 0.2) is 0 Å². The number of halogens is 1. The molecule has 1 aromatic heterocycles. The molecule has 0 saturated heterocycles. The zero-order valence-electron chi connectivity index (χ0n) is 9.74. The van der Waals surface area contributed by atoms with E-state index in [9.17, 15) is 14.4 Å². The quantitative estimate of drug-likeness (QED) is 0.825. The minimum absolute atomic E-state index is 0.0483. The molecule has 0 aliphatic heterocycles. The fraction of sp³-hybridized carbons (Fsp3) is 0.500. The number of ether oxygens (including phenoxy) is 1. The van der Waals surface area contributed by atoms with Crippen LogP contribution in [0.5, 0.6) is 0 Å². The Labute approximate surface area is 106 Å². The highest BCUT2D eigenvalue weighted by atomic mass is 79.9. The molecule has 7 heteroatoms. The molecule has 0 spiro atoms. The lowest BCUT2D eigenvalue weighted by atomic mass is 9.93. The summed E-state index contributed by atoms with van der Waals surface area (Å²) >= 11 is 3.02. The van der Waals surface area contributed by atoms with Gasteiger partial charge in [0.05, 0.1) is 17.0 Å². The summed E-state index contributed by atoms with van der Waals surface area (Å²) in [6.45, 7) is 3.16. The van der Waals surface area contributed by atoms with Crippen LogP contribution in [0.3, 0.4) is 0 Å². The molecular formula is C10H13BrN2O4. The van der Waals surface area contributed by atoms with Crippen molar-refractivity contribution in [3.63, 3.8) is 0 Å². The van der Waals surface area contributed by atoms with Gasteiger partial charge in [0, 0.05) is 12.7 Å². The lowest BCUT2D eigenvalue weighted by Gasteiger charge is -2.21. The third-order valence-electron chi connectivity index (χ3n) is 2.31. The minimum atomic E-state index is -0.952. The van der Waals surface area contributed by atoms with Crippen LogP contribution in [0.25, 0.3) is 0 Å². The summed E-state index contributed by atoms with van der Waals surface area (Å²) in [5.74, 6) is -0.483. The van der Waals surface area contributed by atoms with Crippen LogP contribution in [-0.4, -0.2) is 22.6 Å². The molecule has 0 fully saturated rings. The van der Waals surface area contributed by atoms with E-state index in [0.29, 0.717) is 0 Å². The summed E-state index contributed by atoms with van der Waals surface area (Å²) in [6.07, 6.45) is 1.27. The van der Waals surface area contributed by atoms with Crippen LogP contribution in [0.1, 0.15) is 13.8 Å². The van der Waals surface area contributed by atoms with Gasteiger partial charge in [0.25, 0.3) is 5.56 Å². The standard InChI is InChI=1S/C10H13BrN2O4/c1-10(2,8(15)17-3)5-13-7(14)6(11)4-12-9(13)16/h4H,5H2,1-3H3,(H,12,16). The highest BCUT2D eigenvalue weighted by Gasteiger charge is 2.30. The Bertz CT molecular complexity index is 544. The molecule has 0 atom stereocenters. The van der Waals surface area contributed by atoms with Gasteiger partial charge in [-0.15, -0.1) is 0 Å². The van der Waals surface area contributed by atoms with E-state index in [1.54, 1.807) is 13.8 Å². The van der Waals surface area contributed by atoms with E-state index in [-0.39, 0.29) is 11.0 Å². The van der Waals surface area contributed by atoms with Crippen LogP contribution in [-0.2, 0) is 16.1 Å². The summed E-state index contributed by atoms with van der Waals surface area (Å²) in [5.41, 5.74) is -1.99. The van der Waals surface area contributed by atoms with Crippen molar-refractivity contribution in [2.45, 2.75) is 20.4 Å². The van der Waals surface area contributed by atoms with Gasteiger partial charge in [-0.05, 0) is 29.8 Å². The molecule has 1 aromatic rings. The highest BCUT2D eigenvalue weighted by Crippen LogP contribution is 2.18. The zero-order valence-corrected chi connectivity index (χ0v) is 11.3. The van der Waals surface area contributed by atoms with E-state index in [0.717, 1.165) is 4.57 Å². The van der Waals surface area contributed by atoms with E-state index >= 15 is 0 Å². The maximum Gasteiger partial charge on any atom is 0.328 e. The second-order valence-corrected chi connectivity index (χ2v) is 5.06. The molecule has 0 amide bonds. The molecule has 0 radical (unpaired) electrons. The number of aromatic amines is 1. The predicted molar refractivity (Wildman–Crippen MR) is 64.8 cm³/mol. The average Bonchev–Trinajstić information content (AvgIpc) is 2.28. The molecule has 1 rings (SSSR count). The maximum absolute atomic E-state index is 11.7. The van der Waals surface area contributed by atoms with Crippen LogP contribution >= 0.6 is 15.9 Å². The van der Waals surface area contributed by atoms with Crippen LogP contribution < -0.4 is 11.2 Å². The van der Waals surface area contributed by atoms with E-state index in [1.165, 1.54) is 13.3 Å². The summed E-state index contributed by atoms with van der Waals surface area (Å²) in [7, 11) is 1.26. The second kappa shape index (κ2) is 4.87. The Morgan fingerprint density at radius 3 is 2.65 bits per heavy atom. The number of rotatable bonds is 3. The summed E-state index contributed by atoms with van der Waals surface area (Å²) < 4.78 is 5.81. The van der Waals surface area contributed by atoms with E-state index < -0.39 is 22.6 Å². The molecule has 0 aliphatic carbocycles. The van der Waals surface area contributed by atoms with Crippen LogP contribution in [0, 0.1) is 5.41 Å². The van der Waals surface area contributed by atoms with Gasteiger partial charge in [0.1, 0.15) is 0 Å². The Balaban J connectivity index is 3.21. The molecule has 17 heavy (non-hydrogen) atoms. The number of nitrogens with one attached hydrogen (secondary N) is 1. The summed E-state index contributed by atoms with van der Waals surface area (Å²) in [6, 6.07) is 0. The van der Waals surface area contributed by atoms with Crippen LogP contribution in [0.2, 0.25) is 0 Å². The molecule has 0 saturated carbocycles. The van der Waals surface area contributed by atoms with Crippen molar-refractivity contribution in [1.82, 2.24) is 9.55 Å². The van der Waals surface area contributed by atoms with Crippen molar-refractivity contribution >= 4 is 21.9 Å². The lowest BCUT2D eigenvalue weighted by Crippen LogP contribution is -2.42. The average molecular weight is 305 g/mol. The minimum Gasteiger partial charge on any atom is -0.469 e. The van der Waals surface area contributed by atoms with Gasteiger partial charge in [-0.3, -0.25) is 14.2 Å². The van der Waals surface area contributed by atoms with Gasteiger partial charge < -0.3 is 9.72 Å².